The Morgan fingerprint density at radius 2 is 1.92 bits per heavy atom. The van der Waals surface area contributed by atoms with Gasteiger partial charge in [-0.15, -0.1) is 0 Å². The van der Waals surface area contributed by atoms with E-state index in [0.717, 1.165) is 0 Å². The van der Waals surface area contributed by atoms with Crippen LogP contribution in [0.4, 0.5) is 0 Å². The molecule has 2 atom stereocenters. The summed E-state index contributed by atoms with van der Waals surface area (Å²) in [7, 11) is 0. The predicted octanol–water partition coefficient (Wildman–Crippen LogP) is 1.15. The molecule has 0 rings (SSSR count). The highest BCUT2D eigenvalue weighted by molar-refractivity contribution is 5.80. The summed E-state index contributed by atoms with van der Waals surface area (Å²) in [4.78, 5) is 0. The van der Waals surface area contributed by atoms with Gasteiger partial charge in [0.05, 0.1) is 0 Å². The van der Waals surface area contributed by atoms with Crippen molar-refractivity contribution in [3.05, 3.63) is 0 Å². The summed E-state index contributed by atoms with van der Waals surface area (Å²) in [5.41, 5.74) is 5.39. The van der Waals surface area contributed by atoms with E-state index in [9.17, 15) is 0 Å². The van der Waals surface area contributed by atoms with Gasteiger partial charge in [0.15, 0.2) is 0 Å². The molecule has 4 nitrogen and oxygen atoms in total. The Bertz CT molecular complexity index is 168. The molecule has 4 N–H and O–H groups in total. The highest BCUT2D eigenvalue weighted by Gasteiger charge is 2.11. The Hall–Kier alpha value is -0.770. The Kier molecular flexibility index (Phi) is 5.46. The van der Waals surface area contributed by atoms with E-state index in [1.54, 1.807) is 0 Å². The molecule has 78 valence electrons. The van der Waals surface area contributed by atoms with Crippen molar-refractivity contribution >= 4 is 5.84 Å². The number of oxime groups is 1. The molecular formula is C9H21N3O. The molecule has 2 unspecified atom stereocenters. The van der Waals surface area contributed by atoms with Crippen LogP contribution >= 0.6 is 0 Å². The van der Waals surface area contributed by atoms with Crippen LogP contribution in [0.15, 0.2) is 5.16 Å². The molecule has 0 saturated carbocycles. The van der Waals surface area contributed by atoms with Gasteiger partial charge in [-0.05, 0) is 19.8 Å². The van der Waals surface area contributed by atoms with E-state index in [2.05, 4.69) is 31.2 Å². The molecule has 4 heteroatoms. The van der Waals surface area contributed by atoms with Crippen molar-refractivity contribution in [3.8, 4) is 0 Å². The Labute approximate surface area is 80.2 Å². The number of nitrogens with zero attached hydrogens (tertiary/aromatic N) is 1. The van der Waals surface area contributed by atoms with Gasteiger partial charge in [0, 0.05) is 18.5 Å². The summed E-state index contributed by atoms with van der Waals surface area (Å²) in [5.74, 6) is 0.866. The van der Waals surface area contributed by atoms with E-state index in [1.807, 2.05) is 6.92 Å². The number of amidine groups is 1. The zero-order valence-corrected chi connectivity index (χ0v) is 8.91. The fraction of sp³-hybridized carbons (Fsp3) is 0.889. The van der Waals surface area contributed by atoms with E-state index in [0.29, 0.717) is 18.4 Å². The van der Waals surface area contributed by atoms with Crippen LogP contribution in [0, 0.1) is 5.92 Å². The molecule has 0 radical (unpaired) electrons. The molecule has 0 aliphatic heterocycles. The van der Waals surface area contributed by atoms with Gasteiger partial charge in [-0.25, -0.2) is 0 Å². The first-order valence-corrected chi connectivity index (χ1v) is 4.69. The SMILES string of the molecule is CC(CC(N)=NO)NC(C)C(C)C. The van der Waals surface area contributed by atoms with Gasteiger partial charge in [-0.1, -0.05) is 19.0 Å². The summed E-state index contributed by atoms with van der Waals surface area (Å²) in [6, 6.07) is 0.690. The minimum Gasteiger partial charge on any atom is -0.409 e. The molecule has 13 heavy (non-hydrogen) atoms. The van der Waals surface area contributed by atoms with Gasteiger partial charge < -0.3 is 16.3 Å². The fourth-order valence-electron chi connectivity index (χ4n) is 1.05. The molecular weight excluding hydrogens is 166 g/mol. The van der Waals surface area contributed by atoms with Crippen LogP contribution in [0.2, 0.25) is 0 Å². The summed E-state index contributed by atoms with van der Waals surface area (Å²) in [6.07, 6.45) is 0.577. The third-order valence-electron chi connectivity index (χ3n) is 2.19. The third kappa shape index (κ3) is 5.47. The molecule has 0 aliphatic rings. The molecule has 0 heterocycles. The zero-order valence-electron chi connectivity index (χ0n) is 8.91. The first-order valence-electron chi connectivity index (χ1n) is 4.69. The number of hydrogen-bond acceptors (Lipinski definition) is 3. The van der Waals surface area contributed by atoms with Crippen LogP contribution in [-0.4, -0.2) is 23.1 Å². The monoisotopic (exact) mass is 187 g/mol. The van der Waals surface area contributed by atoms with E-state index < -0.39 is 0 Å². The molecule has 0 amide bonds. The third-order valence-corrected chi connectivity index (χ3v) is 2.19. The molecule has 0 fully saturated rings. The standard InChI is InChI=1S/C9H21N3O/c1-6(2)8(4)11-7(3)5-9(10)12-13/h6-8,11,13H,5H2,1-4H3,(H2,10,12). The number of nitrogens with one attached hydrogen (secondary N) is 1. The molecule has 0 aromatic heterocycles. The minimum absolute atomic E-state index is 0.244. The van der Waals surface area contributed by atoms with Crippen LogP contribution in [0.1, 0.15) is 34.1 Å². The number of nitrogens with two attached hydrogens (primary N) is 1. The van der Waals surface area contributed by atoms with Gasteiger partial charge in [0.1, 0.15) is 5.84 Å². The first-order chi connectivity index (χ1) is 5.97. The van der Waals surface area contributed by atoms with Crippen molar-refractivity contribution in [1.29, 1.82) is 0 Å². The van der Waals surface area contributed by atoms with Gasteiger partial charge in [0.2, 0.25) is 0 Å². The van der Waals surface area contributed by atoms with Crippen molar-refractivity contribution in [3.63, 3.8) is 0 Å². The van der Waals surface area contributed by atoms with Crippen LogP contribution in [0.25, 0.3) is 0 Å². The lowest BCUT2D eigenvalue weighted by Crippen LogP contribution is -2.39. The second-order valence-electron chi connectivity index (χ2n) is 3.90. The lowest BCUT2D eigenvalue weighted by molar-refractivity contribution is 0.314. The summed E-state index contributed by atoms with van der Waals surface area (Å²) < 4.78 is 0. The average molecular weight is 187 g/mol. The molecule has 0 aromatic rings. The lowest BCUT2D eigenvalue weighted by atomic mass is 10.0. The normalized spacial score (nSPS) is 17.5. The Morgan fingerprint density at radius 3 is 2.31 bits per heavy atom. The van der Waals surface area contributed by atoms with Gasteiger partial charge in [-0.2, -0.15) is 0 Å². The maximum absolute atomic E-state index is 8.36. The highest BCUT2D eigenvalue weighted by atomic mass is 16.4. The van der Waals surface area contributed by atoms with Crippen molar-refractivity contribution in [2.45, 2.75) is 46.2 Å². The Balaban J connectivity index is 3.80. The summed E-state index contributed by atoms with van der Waals surface area (Å²) in [6.45, 7) is 8.48. The van der Waals surface area contributed by atoms with Crippen molar-refractivity contribution < 1.29 is 5.21 Å². The van der Waals surface area contributed by atoms with Gasteiger partial charge in [0.25, 0.3) is 0 Å². The second-order valence-corrected chi connectivity index (χ2v) is 3.90. The number of hydrogen-bond donors (Lipinski definition) is 3. The largest absolute Gasteiger partial charge is 0.409 e. The first kappa shape index (κ1) is 12.2. The molecule has 0 aromatic carbocycles. The second kappa shape index (κ2) is 5.80. The van der Waals surface area contributed by atoms with E-state index in [-0.39, 0.29) is 11.9 Å². The topological polar surface area (TPSA) is 70.6 Å². The van der Waals surface area contributed by atoms with Crippen molar-refractivity contribution in [2.24, 2.45) is 16.8 Å². The molecule has 0 spiro atoms. The average Bonchev–Trinajstić information content (AvgIpc) is 2.03. The van der Waals surface area contributed by atoms with Crippen LogP contribution in [-0.2, 0) is 0 Å². The summed E-state index contributed by atoms with van der Waals surface area (Å²) in [5, 5.41) is 14.7. The van der Waals surface area contributed by atoms with Gasteiger partial charge in [-0.3, -0.25) is 0 Å². The summed E-state index contributed by atoms with van der Waals surface area (Å²) >= 11 is 0. The van der Waals surface area contributed by atoms with Crippen molar-refractivity contribution in [1.82, 2.24) is 5.32 Å². The lowest BCUT2D eigenvalue weighted by Gasteiger charge is -2.22. The zero-order chi connectivity index (χ0) is 10.4. The van der Waals surface area contributed by atoms with E-state index >= 15 is 0 Å². The molecule has 0 bridgehead atoms. The highest BCUT2D eigenvalue weighted by Crippen LogP contribution is 2.02. The molecule has 0 aliphatic carbocycles. The maximum Gasteiger partial charge on any atom is 0.140 e. The maximum atomic E-state index is 8.36. The molecule has 0 saturated heterocycles. The fourth-order valence-corrected chi connectivity index (χ4v) is 1.05. The quantitative estimate of drug-likeness (QED) is 0.262. The Morgan fingerprint density at radius 1 is 1.38 bits per heavy atom. The number of rotatable bonds is 5. The van der Waals surface area contributed by atoms with Crippen LogP contribution in [0.5, 0.6) is 0 Å². The van der Waals surface area contributed by atoms with E-state index in [4.69, 9.17) is 10.9 Å². The minimum atomic E-state index is 0.244. The van der Waals surface area contributed by atoms with Crippen molar-refractivity contribution in [2.75, 3.05) is 0 Å². The van der Waals surface area contributed by atoms with E-state index in [1.165, 1.54) is 0 Å². The van der Waals surface area contributed by atoms with Gasteiger partial charge >= 0.3 is 0 Å². The smallest absolute Gasteiger partial charge is 0.140 e. The predicted molar refractivity (Wildman–Crippen MR) is 54.9 cm³/mol. The van der Waals surface area contributed by atoms with Crippen LogP contribution in [0.3, 0.4) is 0 Å². The van der Waals surface area contributed by atoms with Crippen LogP contribution < -0.4 is 11.1 Å².